The monoisotopic (exact) mass is 455 g/mol. The van der Waals surface area contributed by atoms with Gasteiger partial charge in [-0.15, -0.1) is 0 Å². The number of nitrogens with zero attached hydrogens (tertiary/aromatic N) is 3. The second-order valence-corrected chi connectivity index (χ2v) is 9.42. The highest BCUT2D eigenvalue weighted by atomic mass is 19.1. The number of anilines is 1. The van der Waals surface area contributed by atoms with Crippen LogP contribution in [0.3, 0.4) is 0 Å². The van der Waals surface area contributed by atoms with Crippen LogP contribution >= 0.6 is 0 Å². The molecule has 1 atom stereocenters. The number of hydrogen-bond donors (Lipinski definition) is 2. The number of benzene rings is 2. The summed E-state index contributed by atoms with van der Waals surface area (Å²) in [6, 6.07) is 14.8. The number of aromatic amines is 1. The van der Waals surface area contributed by atoms with Crippen LogP contribution in [0.2, 0.25) is 0 Å². The van der Waals surface area contributed by atoms with Gasteiger partial charge in [0, 0.05) is 24.2 Å². The van der Waals surface area contributed by atoms with Crippen LogP contribution in [-0.2, 0) is 10.2 Å². The second kappa shape index (κ2) is 8.53. The number of halogens is 1. The Morgan fingerprint density at radius 2 is 1.91 bits per heavy atom. The van der Waals surface area contributed by atoms with E-state index in [0.29, 0.717) is 17.4 Å². The van der Waals surface area contributed by atoms with Crippen LogP contribution in [0.5, 0.6) is 0 Å². The molecule has 4 aromatic rings. The standard InChI is InChI=1S/C27H26FN5O/c1-16(34)31-20-8-10-24-25(14-20)33-26(32-24)27(2,15-29)18-5-3-17(4-6-18)21-11-12-30-23-9-7-19(28)13-22(21)23/h7-14,17-18H,3-6H2,1-2H3,(H,31,34)(H,32,33). The summed E-state index contributed by atoms with van der Waals surface area (Å²) in [5, 5.41) is 13.9. The number of amides is 1. The molecule has 1 amide bonds. The van der Waals surface area contributed by atoms with Crippen LogP contribution < -0.4 is 5.32 Å². The number of carbonyl (C=O) groups is 1. The lowest BCUT2D eigenvalue weighted by atomic mass is 9.67. The Bertz CT molecular complexity index is 1430. The largest absolute Gasteiger partial charge is 0.341 e. The van der Waals surface area contributed by atoms with Gasteiger partial charge >= 0.3 is 0 Å². The molecule has 1 aliphatic carbocycles. The Morgan fingerprint density at radius 3 is 2.65 bits per heavy atom. The Labute approximate surface area is 197 Å². The molecule has 6 nitrogen and oxygen atoms in total. The predicted octanol–water partition coefficient (Wildman–Crippen LogP) is 5.96. The van der Waals surface area contributed by atoms with Gasteiger partial charge in [0.2, 0.25) is 5.91 Å². The number of fused-ring (bicyclic) bond motifs is 2. The Kier molecular flexibility index (Phi) is 5.52. The summed E-state index contributed by atoms with van der Waals surface area (Å²) in [6.45, 7) is 3.43. The van der Waals surface area contributed by atoms with E-state index in [-0.39, 0.29) is 17.6 Å². The summed E-state index contributed by atoms with van der Waals surface area (Å²) in [6.07, 6.45) is 5.39. The maximum absolute atomic E-state index is 13.9. The molecule has 0 spiro atoms. The molecular formula is C27H26FN5O. The van der Waals surface area contributed by atoms with Crippen molar-refractivity contribution in [2.75, 3.05) is 5.32 Å². The third kappa shape index (κ3) is 3.90. The van der Waals surface area contributed by atoms with Gasteiger partial charge in [-0.1, -0.05) is 0 Å². The summed E-state index contributed by atoms with van der Waals surface area (Å²) in [4.78, 5) is 23.8. The van der Waals surface area contributed by atoms with Crippen LogP contribution in [0, 0.1) is 23.1 Å². The number of rotatable bonds is 4. The van der Waals surface area contributed by atoms with Gasteiger partial charge in [0.1, 0.15) is 17.1 Å². The van der Waals surface area contributed by atoms with Gasteiger partial charge in [0.15, 0.2) is 0 Å². The molecule has 172 valence electrons. The zero-order chi connectivity index (χ0) is 23.9. The predicted molar refractivity (Wildman–Crippen MR) is 130 cm³/mol. The van der Waals surface area contributed by atoms with Crippen molar-refractivity contribution < 1.29 is 9.18 Å². The number of nitriles is 1. The normalized spacial score (nSPS) is 20.1. The van der Waals surface area contributed by atoms with Gasteiger partial charge in [-0.25, -0.2) is 9.37 Å². The molecule has 2 aromatic carbocycles. The van der Waals surface area contributed by atoms with Gasteiger partial charge in [0.25, 0.3) is 0 Å². The van der Waals surface area contributed by atoms with E-state index < -0.39 is 5.41 Å². The maximum atomic E-state index is 13.9. The Balaban J connectivity index is 1.39. The number of nitrogens with one attached hydrogen (secondary N) is 2. The van der Waals surface area contributed by atoms with Crippen molar-refractivity contribution in [1.82, 2.24) is 15.0 Å². The summed E-state index contributed by atoms with van der Waals surface area (Å²) >= 11 is 0. The lowest BCUT2D eigenvalue weighted by Gasteiger charge is -2.36. The topological polar surface area (TPSA) is 94.5 Å². The van der Waals surface area contributed by atoms with E-state index >= 15 is 0 Å². The lowest BCUT2D eigenvalue weighted by molar-refractivity contribution is -0.114. The van der Waals surface area contributed by atoms with Gasteiger partial charge < -0.3 is 10.3 Å². The maximum Gasteiger partial charge on any atom is 0.221 e. The fourth-order valence-corrected chi connectivity index (χ4v) is 5.35. The number of hydrogen-bond acceptors (Lipinski definition) is 4. The van der Waals surface area contributed by atoms with Gasteiger partial charge in [-0.3, -0.25) is 9.78 Å². The first-order valence-corrected chi connectivity index (χ1v) is 11.6. The minimum absolute atomic E-state index is 0.137. The molecule has 1 unspecified atom stereocenters. The second-order valence-electron chi connectivity index (χ2n) is 9.42. The lowest BCUT2D eigenvalue weighted by Crippen LogP contribution is -2.34. The summed E-state index contributed by atoms with van der Waals surface area (Å²) in [5.74, 6) is 0.725. The van der Waals surface area contributed by atoms with Crippen LogP contribution in [0.25, 0.3) is 21.9 Å². The van der Waals surface area contributed by atoms with Crippen molar-refractivity contribution in [3.63, 3.8) is 0 Å². The quantitative estimate of drug-likeness (QED) is 0.397. The third-order valence-electron chi connectivity index (χ3n) is 7.25. The first kappa shape index (κ1) is 22.0. The summed E-state index contributed by atoms with van der Waals surface area (Å²) in [7, 11) is 0. The van der Waals surface area contributed by atoms with E-state index in [0.717, 1.165) is 53.2 Å². The molecule has 2 aromatic heterocycles. The van der Waals surface area contributed by atoms with Gasteiger partial charge in [-0.2, -0.15) is 5.26 Å². The molecule has 1 aliphatic rings. The summed E-state index contributed by atoms with van der Waals surface area (Å²) in [5.41, 5.74) is 3.44. The zero-order valence-corrected chi connectivity index (χ0v) is 19.2. The average Bonchev–Trinajstić information content (AvgIpc) is 3.27. The minimum atomic E-state index is -0.759. The SMILES string of the molecule is CC(=O)Nc1ccc2nc(C(C)(C#N)C3CCC(c4ccnc5ccc(F)cc45)CC3)[nH]c2c1. The molecule has 5 rings (SSSR count). The van der Waals surface area contributed by atoms with Crippen molar-refractivity contribution in [2.45, 2.75) is 50.9 Å². The van der Waals surface area contributed by atoms with E-state index in [4.69, 9.17) is 4.98 Å². The smallest absolute Gasteiger partial charge is 0.221 e. The highest BCUT2D eigenvalue weighted by Crippen LogP contribution is 2.45. The fourth-order valence-electron chi connectivity index (χ4n) is 5.35. The third-order valence-corrected chi connectivity index (χ3v) is 7.25. The molecular weight excluding hydrogens is 429 g/mol. The van der Waals surface area contributed by atoms with Crippen LogP contribution in [0.1, 0.15) is 56.8 Å². The van der Waals surface area contributed by atoms with E-state index in [9.17, 15) is 14.4 Å². The Hall–Kier alpha value is -3.79. The molecule has 7 heteroatoms. The molecule has 2 N–H and O–H groups in total. The molecule has 0 bridgehead atoms. The molecule has 34 heavy (non-hydrogen) atoms. The molecule has 0 radical (unpaired) electrons. The number of pyridine rings is 1. The minimum Gasteiger partial charge on any atom is -0.341 e. The zero-order valence-electron chi connectivity index (χ0n) is 19.2. The van der Waals surface area contributed by atoms with Crippen LogP contribution in [0.15, 0.2) is 48.7 Å². The highest BCUT2D eigenvalue weighted by molar-refractivity contribution is 5.91. The highest BCUT2D eigenvalue weighted by Gasteiger charge is 2.41. The van der Waals surface area contributed by atoms with E-state index in [1.54, 1.807) is 18.3 Å². The van der Waals surface area contributed by atoms with Crippen molar-refractivity contribution in [1.29, 1.82) is 5.26 Å². The van der Waals surface area contributed by atoms with Crippen molar-refractivity contribution in [3.05, 3.63) is 65.9 Å². The molecule has 0 aliphatic heterocycles. The molecule has 1 saturated carbocycles. The van der Waals surface area contributed by atoms with Crippen LogP contribution in [0.4, 0.5) is 10.1 Å². The fraction of sp³-hybridized carbons (Fsp3) is 0.333. The first-order valence-electron chi connectivity index (χ1n) is 11.6. The number of aromatic nitrogens is 3. The number of carbonyl (C=O) groups excluding carboxylic acids is 1. The Morgan fingerprint density at radius 1 is 1.15 bits per heavy atom. The van der Waals surface area contributed by atoms with E-state index in [2.05, 4.69) is 21.4 Å². The summed E-state index contributed by atoms with van der Waals surface area (Å²) < 4.78 is 13.9. The van der Waals surface area contributed by atoms with Crippen molar-refractivity contribution in [2.24, 2.45) is 5.92 Å². The number of H-pyrrole nitrogens is 1. The van der Waals surface area contributed by atoms with E-state index in [1.165, 1.54) is 13.0 Å². The number of imidazole rings is 1. The molecule has 0 saturated heterocycles. The van der Waals surface area contributed by atoms with E-state index in [1.807, 2.05) is 31.2 Å². The van der Waals surface area contributed by atoms with Gasteiger partial charge in [0.05, 0.1) is 22.6 Å². The molecule has 2 heterocycles. The van der Waals surface area contributed by atoms with Gasteiger partial charge in [-0.05, 0) is 92.5 Å². The van der Waals surface area contributed by atoms with Crippen molar-refractivity contribution >= 4 is 33.5 Å². The first-order chi connectivity index (χ1) is 16.4. The average molecular weight is 456 g/mol. The molecule has 1 fully saturated rings. The van der Waals surface area contributed by atoms with Crippen molar-refractivity contribution in [3.8, 4) is 6.07 Å². The van der Waals surface area contributed by atoms with Crippen LogP contribution in [-0.4, -0.2) is 20.9 Å².